The van der Waals surface area contributed by atoms with E-state index < -0.39 is 0 Å². The monoisotopic (exact) mass is 263 g/mol. The smallest absolute Gasteiger partial charge is 0.159 e. The van der Waals surface area contributed by atoms with Crippen LogP contribution in [0.3, 0.4) is 0 Å². The third-order valence-corrected chi connectivity index (χ3v) is 3.77. The maximum absolute atomic E-state index is 6.04. The predicted octanol–water partition coefficient (Wildman–Crippen LogP) is 2.56. The van der Waals surface area contributed by atoms with Gasteiger partial charge >= 0.3 is 0 Å². The molecular weight excluding hydrogens is 250 g/mol. The summed E-state index contributed by atoms with van der Waals surface area (Å²) in [7, 11) is 0. The highest BCUT2D eigenvalue weighted by Gasteiger charge is 2.23. The van der Waals surface area contributed by atoms with Crippen molar-refractivity contribution in [1.82, 2.24) is 20.2 Å². The third kappa shape index (κ3) is 1.95. The van der Waals surface area contributed by atoms with E-state index in [1.54, 1.807) is 16.8 Å². The molecule has 0 radical (unpaired) electrons. The molecule has 0 bridgehead atoms. The lowest BCUT2D eigenvalue weighted by Gasteiger charge is -2.10. The molecule has 0 saturated heterocycles. The number of anilines is 1. The van der Waals surface area contributed by atoms with Crippen molar-refractivity contribution >= 4 is 17.3 Å². The average molecular weight is 264 g/mol. The molecule has 0 amide bonds. The zero-order valence-corrected chi connectivity index (χ0v) is 10.6. The molecule has 2 aromatic rings. The molecule has 0 unspecified atom stereocenters. The molecule has 6 heteroatoms. The van der Waals surface area contributed by atoms with Crippen molar-refractivity contribution in [1.29, 1.82) is 0 Å². The topological polar surface area (TPSA) is 69.6 Å². The molecule has 0 spiro atoms. The Balaban J connectivity index is 2.00. The maximum Gasteiger partial charge on any atom is 0.159 e. The number of benzene rings is 1. The number of tetrazole rings is 1. The van der Waals surface area contributed by atoms with E-state index in [9.17, 15) is 0 Å². The number of hydrogen-bond donors (Lipinski definition) is 1. The summed E-state index contributed by atoms with van der Waals surface area (Å²) in [5, 5.41) is 12.5. The van der Waals surface area contributed by atoms with Gasteiger partial charge in [0.15, 0.2) is 5.82 Å². The molecule has 0 atom stereocenters. The molecule has 2 N–H and O–H groups in total. The molecule has 1 fully saturated rings. The molecule has 1 aromatic carbocycles. The molecule has 94 valence electrons. The Bertz CT molecular complexity index is 559. The number of aromatic nitrogens is 4. The van der Waals surface area contributed by atoms with Crippen molar-refractivity contribution in [2.45, 2.75) is 31.6 Å². The molecule has 1 saturated carbocycles. The second-order valence-electron chi connectivity index (χ2n) is 4.64. The average Bonchev–Trinajstić information content (AvgIpc) is 3.00. The van der Waals surface area contributed by atoms with Gasteiger partial charge in [-0.2, -0.15) is 4.68 Å². The fourth-order valence-electron chi connectivity index (χ4n) is 2.46. The van der Waals surface area contributed by atoms with Gasteiger partial charge in [0.1, 0.15) is 0 Å². The van der Waals surface area contributed by atoms with Gasteiger partial charge < -0.3 is 5.73 Å². The zero-order chi connectivity index (χ0) is 12.5. The van der Waals surface area contributed by atoms with Gasteiger partial charge in [0, 0.05) is 5.92 Å². The van der Waals surface area contributed by atoms with Crippen molar-refractivity contribution in [3.8, 4) is 5.69 Å². The molecule has 3 rings (SSSR count). The maximum atomic E-state index is 6.04. The van der Waals surface area contributed by atoms with Crippen LogP contribution in [0.15, 0.2) is 18.2 Å². The number of nitrogens with two attached hydrogens (primary N) is 1. The summed E-state index contributed by atoms with van der Waals surface area (Å²) in [4.78, 5) is 0. The molecule has 1 aliphatic carbocycles. The first-order valence-corrected chi connectivity index (χ1v) is 6.47. The van der Waals surface area contributed by atoms with Crippen molar-refractivity contribution in [2.75, 3.05) is 5.73 Å². The Morgan fingerprint density at radius 3 is 2.78 bits per heavy atom. The zero-order valence-electron chi connectivity index (χ0n) is 9.88. The fraction of sp³-hybridized carbons (Fsp3) is 0.417. The van der Waals surface area contributed by atoms with Crippen LogP contribution < -0.4 is 5.73 Å². The molecule has 1 heterocycles. The van der Waals surface area contributed by atoms with Gasteiger partial charge in [0.05, 0.1) is 16.4 Å². The van der Waals surface area contributed by atoms with Crippen LogP contribution in [0.5, 0.6) is 0 Å². The van der Waals surface area contributed by atoms with E-state index in [1.807, 2.05) is 6.07 Å². The second-order valence-corrected chi connectivity index (χ2v) is 5.04. The van der Waals surface area contributed by atoms with Crippen LogP contribution in [0.2, 0.25) is 5.02 Å². The minimum Gasteiger partial charge on any atom is -0.398 e. The SMILES string of the molecule is Nc1ccc(-n2nnnc2C2CCCC2)cc1Cl. The lowest BCUT2D eigenvalue weighted by molar-refractivity contribution is 0.636. The number of nitrogens with zero attached hydrogens (tertiary/aromatic N) is 4. The van der Waals surface area contributed by atoms with Crippen molar-refractivity contribution in [3.05, 3.63) is 29.0 Å². The van der Waals surface area contributed by atoms with E-state index in [1.165, 1.54) is 12.8 Å². The van der Waals surface area contributed by atoms with Gasteiger partial charge in [-0.1, -0.05) is 24.4 Å². The molecular formula is C12H14ClN5. The van der Waals surface area contributed by atoms with Crippen molar-refractivity contribution in [3.63, 3.8) is 0 Å². The fourth-order valence-corrected chi connectivity index (χ4v) is 2.64. The van der Waals surface area contributed by atoms with Crippen LogP contribution in [-0.4, -0.2) is 20.2 Å². The number of nitrogen functional groups attached to an aromatic ring is 1. The molecule has 1 aromatic heterocycles. The Morgan fingerprint density at radius 1 is 1.28 bits per heavy atom. The van der Waals surface area contributed by atoms with Crippen LogP contribution in [-0.2, 0) is 0 Å². The second kappa shape index (κ2) is 4.57. The third-order valence-electron chi connectivity index (χ3n) is 3.44. The summed E-state index contributed by atoms with van der Waals surface area (Å²) in [5.41, 5.74) is 7.14. The first-order valence-electron chi connectivity index (χ1n) is 6.09. The number of halogens is 1. The Hall–Kier alpha value is -1.62. The summed E-state index contributed by atoms with van der Waals surface area (Å²) in [5.74, 6) is 1.38. The van der Waals surface area contributed by atoms with Crippen LogP contribution in [0.25, 0.3) is 5.69 Å². The van der Waals surface area contributed by atoms with Crippen molar-refractivity contribution < 1.29 is 0 Å². The van der Waals surface area contributed by atoms with Gasteiger partial charge in [0.2, 0.25) is 0 Å². The highest BCUT2D eigenvalue weighted by atomic mass is 35.5. The van der Waals surface area contributed by atoms with E-state index in [2.05, 4.69) is 15.5 Å². The van der Waals surface area contributed by atoms with E-state index in [0.29, 0.717) is 16.6 Å². The normalized spacial score (nSPS) is 16.3. The van der Waals surface area contributed by atoms with E-state index in [4.69, 9.17) is 17.3 Å². The lowest BCUT2D eigenvalue weighted by atomic mass is 10.1. The summed E-state index contributed by atoms with van der Waals surface area (Å²) in [6, 6.07) is 5.46. The first kappa shape index (κ1) is 11.5. The molecule has 18 heavy (non-hydrogen) atoms. The summed E-state index contributed by atoms with van der Waals surface area (Å²) in [6.07, 6.45) is 4.81. The van der Waals surface area contributed by atoms with Crippen molar-refractivity contribution in [2.24, 2.45) is 0 Å². The molecule has 1 aliphatic rings. The summed E-state index contributed by atoms with van der Waals surface area (Å²) in [6.45, 7) is 0. The quantitative estimate of drug-likeness (QED) is 0.846. The Kier molecular flexibility index (Phi) is 2.91. The van der Waals surface area contributed by atoms with Crippen LogP contribution in [0, 0.1) is 0 Å². The highest BCUT2D eigenvalue weighted by Crippen LogP contribution is 2.33. The number of hydrogen-bond acceptors (Lipinski definition) is 4. The van der Waals surface area contributed by atoms with Gasteiger partial charge in [-0.3, -0.25) is 0 Å². The molecule has 0 aliphatic heterocycles. The highest BCUT2D eigenvalue weighted by molar-refractivity contribution is 6.33. The summed E-state index contributed by atoms with van der Waals surface area (Å²) < 4.78 is 1.77. The summed E-state index contributed by atoms with van der Waals surface area (Å²) >= 11 is 6.04. The minimum atomic E-state index is 0.455. The van der Waals surface area contributed by atoms with E-state index in [-0.39, 0.29) is 0 Å². The predicted molar refractivity (Wildman–Crippen MR) is 69.8 cm³/mol. The van der Waals surface area contributed by atoms with Gasteiger partial charge in [-0.15, -0.1) is 5.10 Å². The van der Waals surface area contributed by atoms with Gasteiger partial charge in [-0.05, 0) is 41.5 Å². The standard InChI is InChI=1S/C12H14ClN5/c13-10-7-9(5-6-11(10)14)18-12(15-16-17-18)8-3-1-2-4-8/h5-8H,1-4,14H2. The Morgan fingerprint density at radius 2 is 2.06 bits per heavy atom. The van der Waals surface area contributed by atoms with E-state index in [0.717, 1.165) is 24.4 Å². The lowest BCUT2D eigenvalue weighted by Crippen LogP contribution is -2.07. The van der Waals surface area contributed by atoms with Gasteiger partial charge in [0.25, 0.3) is 0 Å². The van der Waals surface area contributed by atoms with E-state index >= 15 is 0 Å². The van der Waals surface area contributed by atoms with Crippen LogP contribution in [0.4, 0.5) is 5.69 Å². The minimum absolute atomic E-state index is 0.455. The largest absolute Gasteiger partial charge is 0.398 e. The first-order chi connectivity index (χ1) is 8.75. The van der Waals surface area contributed by atoms with Crippen LogP contribution in [0.1, 0.15) is 37.4 Å². The molecule has 5 nitrogen and oxygen atoms in total. The van der Waals surface area contributed by atoms with Crippen LogP contribution >= 0.6 is 11.6 Å². The number of rotatable bonds is 2. The van der Waals surface area contributed by atoms with Gasteiger partial charge in [-0.25, -0.2) is 0 Å². The Labute approximate surface area is 110 Å².